The SMILES string of the molecule is CCCCNc1ncc(C(=O)O)c(NCCCN2CCOCC2)n1. The van der Waals surface area contributed by atoms with Crippen molar-refractivity contribution in [2.45, 2.75) is 26.2 Å². The minimum absolute atomic E-state index is 0.0995. The highest BCUT2D eigenvalue weighted by Gasteiger charge is 2.14. The summed E-state index contributed by atoms with van der Waals surface area (Å²) in [6, 6.07) is 0. The van der Waals surface area contributed by atoms with E-state index in [0.29, 0.717) is 18.3 Å². The van der Waals surface area contributed by atoms with Crippen molar-refractivity contribution in [3.63, 3.8) is 0 Å². The van der Waals surface area contributed by atoms with Gasteiger partial charge in [-0.25, -0.2) is 9.78 Å². The number of carboxylic acids is 1. The van der Waals surface area contributed by atoms with E-state index in [1.165, 1.54) is 6.20 Å². The first-order valence-corrected chi connectivity index (χ1v) is 8.59. The van der Waals surface area contributed by atoms with Gasteiger partial charge in [-0.15, -0.1) is 0 Å². The molecule has 2 heterocycles. The van der Waals surface area contributed by atoms with E-state index in [9.17, 15) is 9.90 Å². The monoisotopic (exact) mass is 337 g/mol. The van der Waals surface area contributed by atoms with E-state index >= 15 is 0 Å². The second-order valence-corrected chi connectivity index (χ2v) is 5.78. The average Bonchev–Trinajstić information content (AvgIpc) is 2.60. The first kappa shape index (κ1) is 18.4. The van der Waals surface area contributed by atoms with Crippen molar-refractivity contribution >= 4 is 17.7 Å². The van der Waals surface area contributed by atoms with Crippen LogP contribution in [-0.4, -0.2) is 71.9 Å². The van der Waals surface area contributed by atoms with Gasteiger partial charge in [-0.05, 0) is 19.4 Å². The molecule has 0 amide bonds. The highest BCUT2D eigenvalue weighted by molar-refractivity contribution is 5.92. The average molecular weight is 337 g/mol. The third-order valence-corrected chi connectivity index (χ3v) is 3.88. The maximum absolute atomic E-state index is 11.3. The fraction of sp³-hybridized carbons (Fsp3) is 0.688. The molecule has 1 saturated heterocycles. The third-order valence-electron chi connectivity index (χ3n) is 3.88. The normalized spacial score (nSPS) is 15.2. The summed E-state index contributed by atoms with van der Waals surface area (Å²) in [5, 5.41) is 15.5. The number of unbranched alkanes of at least 4 members (excludes halogenated alkanes) is 1. The molecule has 1 aromatic heterocycles. The zero-order chi connectivity index (χ0) is 17.2. The Labute approximate surface area is 142 Å². The molecule has 0 aromatic carbocycles. The Balaban J connectivity index is 1.85. The van der Waals surface area contributed by atoms with Crippen LogP contribution in [0.3, 0.4) is 0 Å². The molecule has 24 heavy (non-hydrogen) atoms. The summed E-state index contributed by atoms with van der Waals surface area (Å²) in [5.74, 6) is -0.187. The topological polar surface area (TPSA) is 99.6 Å². The lowest BCUT2D eigenvalue weighted by Gasteiger charge is -2.26. The van der Waals surface area contributed by atoms with Gasteiger partial charge in [0.1, 0.15) is 11.4 Å². The fourth-order valence-electron chi connectivity index (χ4n) is 2.47. The number of carboxylic acid groups (broad SMARTS) is 1. The zero-order valence-electron chi connectivity index (χ0n) is 14.3. The minimum atomic E-state index is -1.02. The van der Waals surface area contributed by atoms with Gasteiger partial charge in [-0.3, -0.25) is 4.90 Å². The van der Waals surface area contributed by atoms with Gasteiger partial charge in [0.15, 0.2) is 0 Å². The molecule has 0 radical (unpaired) electrons. The molecule has 3 N–H and O–H groups in total. The fourth-order valence-corrected chi connectivity index (χ4v) is 2.47. The smallest absolute Gasteiger partial charge is 0.341 e. The van der Waals surface area contributed by atoms with Gasteiger partial charge < -0.3 is 20.5 Å². The summed E-state index contributed by atoms with van der Waals surface area (Å²) < 4.78 is 5.32. The molecule has 0 spiro atoms. The predicted octanol–water partition coefficient (Wildman–Crippen LogP) is 1.52. The highest BCUT2D eigenvalue weighted by Crippen LogP contribution is 2.14. The summed E-state index contributed by atoms with van der Waals surface area (Å²) in [4.78, 5) is 22.0. The van der Waals surface area contributed by atoms with Crippen molar-refractivity contribution in [2.24, 2.45) is 0 Å². The molecule has 1 aliphatic heterocycles. The van der Waals surface area contributed by atoms with Crippen LogP contribution in [0.15, 0.2) is 6.20 Å². The lowest BCUT2D eigenvalue weighted by atomic mass is 10.3. The van der Waals surface area contributed by atoms with E-state index in [0.717, 1.165) is 58.7 Å². The predicted molar refractivity (Wildman–Crippen MR) is 92.8 cm³/mol. The van der Waals surface area contributed by atoms with Crippen LogP contribution in [0.1, 0.15) is 36.5 Å². The quantitative estimate of drug-likeness (QED) is 0.553. The number of aromatic carboxylic acids is 1. The summed E-state index contributed by atoms with van der Waals surface area (Å²) in [7, 11) is 0. The van der Waals surface area contributed by atoms with Crippen LogP contribution < -0.4 is 10.6 Å². The second kappa shape index (κ2) is 10.0. The molecule has 0 aliphatic carbocycles. The first-order valence-electron chi connectivity index (χ1n) is 8.59. The Morgan fingerprint density at radius 1 is 1.29 bits per heavy atom. The summed E-state index contributed by atoms with van der Waals surface area (Å²) >= 11 is 0. The van der Waals surface area contributed by atoms with Gasteiger partial charge in [0.25, 0.3) is 0 Å². The van der Waals surface area contributed by atoms with Crippen molar-refractivity contribution < 1.29 is 14.6 Å². The van der Waals surface area contributed by atoms with Gasteiger partial charge in [0, 0.05) is 32.4 Å². The van der Waals surface area contributed by atoms with Crippen LogP contribution in [0, 0.1) is 0 Å². The van der Waals surface area contributed by atoms with Crippen LogP contribution in [-0.2, 0) is 4.74 Å². The van der Waals surface area contributed by atoms with Crippen molar-refractivity contribution in [3.05, 3.63) is 11.8 Å². The highest BCUT2D eigenvalue weighted by atomic mass is 16.5. The number of morpholine rings is 1. The van der Waals surface area contributed by atoms with E-state index in [2.05, 4.69) is 32.4 Å². The Hall–Kier alpha value is -1.93. The Morgan fingerprint density at radius 3 is 2.75 bits per heavy atom. The van der Waals surface area contributed by atoms with Crippen molar-refractivity contribution in [2.75, 3.05) is 56.6 Å². The summed E-state index contributed by atoms with van der Waals surface area (Å²) in [6.45, 7) is 8.01. The Bertz CT molecular complexity index is 520. The molecular formula is C16H27N5O3. The van der Waals surface area contributed by atoms with E-state index in [4.69, 9.17) is 4.74 Å². The first-order chi connectivity index (χ1) is 11.7. The summed E-state index contributed by atoms with van der Waals surface area (Å²) in [6.07, 6.45) is 4.37. The number of aromatic nitrogens is 2. The molecule has 1 aromatic rings. The molecule has 1 aliphatic rings. The van der Waals surface area contributed by atoms with Crippen LogP contribution in [0.2, 0.25) is 0 Å². The number of ether oxygens (including phenoxy) is 1. The number of anilines is 2. The molecule has 0 atom stereocenters. The Morgan fingerprint density at radius 2 is 2.04 bits per heavy atom. The number of nitrogens with one attached hydrogen (secondary N) is 2. The largest absolute Gasteiger partial charge is 0.477 e. The molecule has 134 valence electrons. The van der Waals surface area contributed by atoms with Crippen LogP contribution in [0.5, 0.6) is 0 Å². The van der Waals surface area contributed by atoms with Crippen molar-refractivity contribution in [1.82, 2.24) is 14.9 Å². The van der Waals surface area contributed by atoms with Crippen LogP contribution in [0.25, 0.3) is 0 Å². The number of hydrogen-bond donors (Lipinski definition) is 3. The number of nitrogens with zero attached hydrogens (tertiary/aromatic N) is 3. The molecule has 0 bridgehead atoms. The van der Waals surface area contributed by atoms with Gasteiger partial charge in [-0.2, -0.15) is 4.98 Å². The van der Waals surface area contributed by atoms with E-state index in [1.54, 1.807) is 0 Å². The number of carbonyl (C=O) groups is 1. The van der Waals surface area contributed by atoms with Crippen LogP contribution >= 0.6 is 0 Å². The lowest BCUT2D eigenvalue weighted by Crippen LogP contribution is -2.37. The standard InChI is InChI=1S/C16H27N5O3/c1-2-3-5-18-16-19-12-13(15(22)23)14(20-16)17-6-4-7-21-8-10-24-11-9-21/h12H,2-11H2,1H3,(H,22,23)(H2,17,18,19,20). The van der Waals surface area contributed by atoms with E-state index < -0.39 is 5.97 Å². The molecule has 8 heteroatoms. The number of rotatable bonds is 10. The van der Waals surface area contributed by atoms with Gasteiger partial charge in [0.2, 0.25) is 5.95 Å². The minimum Gasteiger partial charge on any atom is -0.477 e. The molecule has 8 nitrogen and oxygen atoms in total. The Kier molecular flexibility index (Phi) is 7.70. The molecule has 1 fully saturated rings. The van der Waals surface area contributed by atoms with Crippen LogP contribution in [0.4, 0.5) is 11.8 Å². The third kappa shape index (κ3) is 5.93. The van der Waals surface area contributed by atoms with Gasteiger partial charge in [-0.1, -0.05) is 13.3 Å². The summed E-state index contributed by atoms with van der Waals surface area (Å²) in [5.41, 5.74) is 0.0995. The van der Waals surface area contributed by atoms with E-state index in [-0.39, 0.29) is 5.56 Å². The number of hydrogen-bond acceptors (Lipinski definition) is 7. The van der Waals surface area contributed by atoms with Gasteiger partial charge in [0.05, 0.1) is 13.2 Å². The molecule has 2 rings (SSSR count). The lowest BCUT2D eigenvalue weighted by molar-refractivity contribution is 0.0378. The second-order valence-electron chi connectivity index (χ2n) is 5.78. The van der Waals surface area contributed by atoms with Gasteiger partial charge >= 0.3 is 5.97 Å². The molecule has 0 unspecified atom stereocenters. The molecular weight excluding hydrogens is 310 g/mol. The molecule has 0 saturated carbocycles. The maximum Gasteiger partial charge on any atom is 0.341 e. The van der Waals surface area contributed by atoms with Crippen molar-refractivity contribution in [1.29, 1.82) is 0 Å². The maximum atomic E-state index is 11.3. The van der Waals surface area contributed by atoms with Crippen molar-refractivity contribution in [3.8, 4) is 0 Å². The zero-order valence-corrected chi connectivity index (χ0v) is 14.3. The van der Waals surface area contributed by atoms with E-state index in [1.807, 2.05) is 0 Å².